The number of hydrogen-bond donors (Lipinski definition) is 0. The summed E-state index contributed by atoms with van der Waals surface area (Å²) in [5.74, 6) is 0.557. The molecule has 0 aromatic heterocycles. The minimum atomic E-state index is -0.711. The van der Waals surface area contributed by atoms with E-state index in [2.05, 4.69) is 0 Å². The number of methoxy groups -OCH3 is 4. The fourth-order valence-corrected chi connectivity index (χ4v) is 2.67. The predicted octanol–water partition coefficient (Wildman–Crippen LogP) is 2.90. The van der Waals surface area contributed by atoms with E-state index in [0.29, 0.717) is 34.1 Å². The van der Waals surface area contributed by atoms with E-state index in [9.17, 15) is 9.59 Å². The van der Waals surface area contributed by atoms with Crippen LogP contribution in [0.3, 0.4) is 0 Å². The molecule has 29 heavy (non-hydrogen) atoms. The molecular weight excluding hydrogens is 380 g/mol. The third-order valence-corrected chi connectivity index (χ3v) is 4.03. The summed E-state index contributed by atoms with van der Waals surface area (Å²) in [6, 6.07) is 10.4. The average Bonchev–Trinajstić information content (AvgIpc) is 2.75. The number of carbonyl (C=O) groups excluding carboxylic acids is 2. The molecule has 0 radical (unpaired) electrons. The van der Waals surface area contributed by atoms with Gasteiger partial charge in [0.25, 0.3) is 0 Å². The smallest absolute Gasteiger partial charge is 0.317 e. The maximum atomic E-state index is 12.0. The maximum Gasteiger partial charge on any atom is 0.317 e. The van der Waals surface area contributed by atoms with E-state index in [0.717, 1.165) is 0 Å². The van der Waals surface area contributed by atoms with Gasteiger partial charge in [-0.2, -0.15) is 0 Å². The number of hydrogen-bond acceptors (Lipinski definition) is 8. The second-order valence-electron chi connectivity index (χ2n) is 5.80. The molecular formula is C21H24O8. The standard InChI is InChI=1S/C21H24O8/c1-24-16-9-5-7-14(20(16)26-3)12-28-18(22)11-19(23)29-13-15-8-6-10-17(25-2)21(15)27-4/h5-10H,11-13H2,1-4H3. The van der Waals surface area contributed by atoms with E-state index < -0.39 is 18.4 Å². The first-order chi connectivity index (χ1) is 14.0. The molecule has 2 aromatic rings. The Morgan fingerprint density at radius 1 is 0.655 bits per heavy atom. The third kappa shape index (κ3) is 5.78. The molecule has 0 aliphatic heterocycles. The monoisotopic (exact) mass is 404 g/mol. The first-order valence-electron chi connectivity index (χ1n) is 8.75. The second kappa shape index (κ2) is 10.8. The van der Waals surface area contributed by atoms with Crippen LogP contribution < -0.4 is 18.9 Å². The van der Waals surface area contributed by atoms with Crippen LogP contribution in [-0.2, 0) is 32.3 Å². The summed E-state index contributed by atoms with van der Waals surface area (Å²) in [5, 5.41) is 0. The zero-order chi connectivity index (χ0) is 21.2. The van der Waals surface area contributed by atoms with E-state index in [4.69, 9.17) is 28.4 Å². The van der Waals surface area contributed by atoms with Crippen molar-refractivity contribution >= 4 is 11.9 Å². The van der Waals surface area contributed by atoms with E-state index >= 15 is 0 Å². The van der Waals surface area contributed by atoms with Crippen LogP contribution in [0.15, 0.2) is 36.4 Å². The molecule has 0 fully saturated rings. The SMILES string of the molecule is COc1cccc(COC(=O)CC(=O)OCc2cccc(OC)c2OC)c1OC. The van der Waals surface area contributed by atoms with Crippen molar-refractivity contribution in [3.8, 4) is 23.0 Å². The minimum Gasteiger partial charge on any atom is -0.493 e. The van der Waals surface area contributed by atoms with Gasteiger partial charge in [-0.25, -0.2) is 0 Å². The number of para-hydroxylation sites is 2. The predicted molar refractivity (Wildman–Crippen MR) is 103 cm³/mol. The normalized spacial score (nSPS) is 10.1. The summed E-state index contributed by atoms with van der Waals surface area (Å²) in [6.07, 6.45) is -0.515. The van der Waals surface area contributed by atoms with E-state index in [1.165, 1.54) is 28.4 Å². The number of carbonyl (C=O) groups is 2. The molecule has 0 unspecified atom stereocenters. The van der Waals surface area contributed by atoms with Crippen LogP contribution in [0.2, 0.25) is 0 Å². The largest absolute Gasteiger partial charge is 0.493 e. The number of rotatable bonds is 10. The van der Waals surface area contributed by atoms with Gasteiger partial charge < -0.3 is 28.4 Å². The zero-order valence-electron chi connectivity index (χ0n) is 16.9. The van der Waals surface area contributed by atoms with Crippen molar-refractivity contribution in [1.29, 1.82) is 0 Å². The molecule has 0 aliphatic carbocycles. The van der Waals surface area contributed by atoms with E-state index in [-0.39, 0.29) is 13.2 Å². The highest BCUT2D eigenvalue weighted by Gasteiger charge is 2.17. The number of benzene rings is 2. The van der Waals surface area contributed by atoms with Gasteiger partial charge >= 0.3 is 11.9 Å². The number of ether oxygens (including phenoxy) is 6. The Labute approximate surface area is 169 Å². The van der Waals surface area contributed by atoms with Crippen molar-refractivity contribution in [1.82, 2.24) is 0 Å². The van der Waals surface area contributed by atoms with Crippen molar-refractivity contribution in [2.75, 3.05) is 28.4 Å². The van der Waals surface area contributed by atoms with Crippen molar-refractivity contribution in [3.05, 3.63) is 47.5 Å². The van der Waals surface area contributed by atoms with Crippen molar-refractivity contribution in [3.63, 3.8) is 0 Å². The summed E-state index contributed by atoms with van der Waals surface area (Å²) in [6.45, 7) is -0.119. The van der Waals surface area contributed by atoms with Gasteiger partial charge in [-0.05, 0) is 12.1 Å². The third-order valence-electron chi connectivity index (χ3n) is 4.03. The van der Waals surface area contributed by atoms with Crippen molar-refractivity contribution in [2.24, 2.45) is 0 Å². The summed E-state index contributed by atoms with van der Waals surface area (Å²) in [5.41, 5.74) is 1.24. The Kier molecular flexibility index (Phi) is 8.14. The Morgan fingerprint density at radius 3 is 1.41 bits per heavy atom. The Balaban J connectivity index is 1.88. The Hall–Kier alpha value is -3.42. The molecule has 0 spiro atoms. The molecule has 2 aromatic carbocycles. The van der Waals surface area contributed by atoms with Gasteiger partial charge in [0.2, 0.25) is 0 Å². The molecule has 0 aliphatic rings. The van der Waals surface area contributed by atoms with Gasteiger partial charge in [-0.15, -0.1) is 0 Å². The molecule has 0 heterocycles. The second-order valence-corrected chi connectivity index (χ2v) is 5.80. The Morgan fingerprint density at radius 2 is 1.07 bits per heavy atom. The van der Waals surface area contributed by atoms with Crippen LogP contribution in [-0.4, -0.2) is 40.4 Å². The first kappa shape index (κ1) is 21.9. The highest BCUT2D eigenvalue weighted by molar-refractivity contribution is 5.91. The van der Waals surface area contributed by atoms with Crippen LogP contribution in [0.1, 0.15) is 17.5 Å². The molecule has 0 saturated carbocycles. The topological polar surface area (TPSA) is 89.5 Å². The van der Waals surface area contributed by atoms with Gasteiger partial charge in [-0.3, -0.25) is 9.59 Å². The first-order valence-corrected chi connectivity index (χ1v) is 8.75. The zero-order valence-corrected chi connectivity index (χ0v) is 16.9. The summed E-state index contributed by atoms with van der Waals surface area (Å²) >= 11 is 0. The lowest BCUT2D eigenvalue weighted by atomic mass is 10.2. The minimum absolute atomic E-state index is 0.0593. The van der Waals surface area contributed by atoms with Crippen molar-refractivity contribution < 1.29 is 38.0 Å². The maximum absolute atomic E-state index is 12.0. The fraction of sp³-hybridized carbons (Fsp3) is 0.333. The van der Waals surface area contributed by atoms with Crippen molar-refractivity contribution in [2.45, 2.75) is 19.6 Å². The molecule has 2 rings (SSSR count). The molecule has 0 N–H and O–H groups in total. The van der Waals surface area contributed by atoms with Gasteiger partial charge in [-0.1, -0.05) is 24.3 Å². The van der Waals surface area contributed by atoms with Crippen LogP contribution in [0.4, 0.5) is 0 Å². The molecule has 8 heteroatoms. The van der Waals surface area contributed by atoms with Gasteiger partial charge in [0.05, 0.1) is 28.4 Å². The highest BCUT2D eigenvalue weighted by Crippen LogP contribution is 2.32. The molecule has 0 atom stereocenters. The fourth-order valence-electron chi connectivity index (χ4n) is 2.67. The highest BCUT2D eigenvalue weighted by atomic mass is 16.6. The summed E-state index contributed by atoms with van der Waals surface area (Å²) < 4.78 is 31.3. The van der Waals surface area contributed by atoms with Crippen LogP contribution in [0.25, 0.3) is 0 Å². The van der Waals surface area contributed by atoms with E-state index in [1.54, 1.807) is 36.4 Å². The molecule has 0 saturated heterocycles. The quantitative estimate of drug-likeness (QED) is 0.441. The summed E-state index contributed by atoms with van der Waals surface area (Å²) in [7, 11) is 6.02. The van der Waals surface area contributed by atoms with Crippen LogP contribution in [0.5, 0.6) is 23.0 Å². The molecule has 156 valence electrons. The Bertz CT molecular complexity index is 777. The van der Waals surface area contributed by atoms with Gasteiger partial charge in [0.1, 0.15) is 19.6 Å². The number of esters is 2. The van der Waals surface area contributed by atoms with Gasteiger partial charge in [0, 0.05) is 11.1 Å². The molecule has 0 bridgehead atoms. The van der Waals surface area contributed by atoms with Crippen LogP contribution >= 0.6 is 0 Å². The molecule has 8 nitrogen and oxygen atoms in total. The lowest BCUT2D eigenvalue weighted by molar-refractivity contribution is -0.156. The van der Waals surface area contributed by atoms with E-state index in [1.807, 2.05) is 0 Å². The van der Waals surface area contributed by atoms with Gasteiger partial charge in [0.15, 0.2) is 23.0 Å². The lowest BCUT2D eigenvalue weighted by Gasteiger charge is -2.13. The average molecular weight is 404 g/mol. The van der Waals surface area contributed by atoms with Crippen LogP contribution in [0, 0.1) is 0 Å². The molecule has 0 amide bonds. The lowest BCUT2D eigenvalue weighted by Crippen LogP contribution is -2.14. The summed E-state index contributed by atoms with van der Waals surface area (Å²) in [4.78, 5) is 24.0.